The van der Waals surface area contributed by atoms with Crippen LogP contribution in [0.2, 0.25) is 0 Å². The molecule has 1 fully saturated rings. The predicted octanol–water partition coefficient (Wildman–Crippen LogP) is 1.03. The summed E-state index contributed by atoms with van der Waals surface area (Å²) in [6.07, 6.45) is 2.03. The monoisotopic (exact) mass is 246 g/mol. The second kappa shape index (κ2) is 4.98. The molecule has 1 atom stereocenters. The van der Waals surface area contributed by atoms with E-state index in [0.717, 1.165) is 37.2 Å². The lowest BCUT2D eigenvalue weighted by atomic mass is 9.99. The van der Waals surface area contributed by atoms with Crippen LogP contribution in [0.15, 0.2) is 24.3 Å². The number of amides is 1. The maximum atomic E-state index is 12.3. The van der Waals surface area contributed by atoms with E-state index in [1.54, 1.807) is 0 Å². The highest BCUT2D eigenvalue weighted by atomic mass is 16.5. The van der Waals surface area contributed by atoms with Crippen molar-refractivity contribution in [2.24, 2.45) is 0 Å². The first-order valence-corrected chi connectivity index (χ1v) is 6.57. The molecule has 2 N–H and O–H groups in total. The molecule has 2 heterocycles. The van der Waals surface area contributed by atoms with Crippen LogP contribution in [-0.2, 0) is 4.79 Å². The summed E-state index contributed by atoms with van der Waals surface area (Å²) in [5.41, 5.74) is 1.02. The van der Waals surface area contributed by atoms with E-state index in [9.17, 15) is 4.79 Å². The summed E-state index contributed by atoms with van der Waals surface area (Å²) in [4.78, 5) is 12.3. The van der Waals surface area contributed by atoms with Crippen LogP contribution in [-0.4, -0.2) is 31.6 Å². The van der Waals surface area contributed by atoms with Crippen molar-refractivity contribution in [3.05, 3.63) is 29.8 Å². The highest BCUT2D eigenvalue weighted by molar-refractivity contribution is 5.85. The third-order valence-corrected chi connectivity index (χ3v) is 3.70. The van der Waals surface area contributed by atoms with Gasteiger partial charge in [-0.25, -0.2) is 0 Å². The minimum Gasteiger partial charge on any atom is -0.492 e. The molecule has 1 amide bonds. The molecule has 0 spiro atoms. The minimum absolute atomic E-state index is 0.104. The SMILES string of the molecule is O=C(NC1CCNCC1)C1COc2ccccc21. The van der Waals surface area contributed by atoms with Gasteiger partial charge in [-0.1, -0.05) is 18.2 Å². The molecule has 1 aromatic carbocycles. The Morgan fingerprint density at radius 1 is 1.28 bits per heavy atom. The normalized spacial score (nSPS) is 23.2. The molecule has 0 bridgehead atoms. The van der Waals surface area contributed by atoms with Crippen LogP contribution in [0.25, 0.3) is 0 Å². The summed E-state index contributed by atoms with van der Waals surface area (Å²) < 4.78 is 5.55. The van der Waals surface area contributed by atoms with Crippen LogP contribution in [0.5, 0.6) is 5.75 Å². The number of carbonyl (C=O) groups excluding carboxylic acids is 1. The molecule has 18 heavy (non-hydrogen) atoms. The Morgan fingerprint density at radius 3 is 2.89 bits per heavy atom. The van der Waals surface area contributed by atoms with Gasteiger partial charge in [-0.2, -0.15) is 0 Å². The number of rotatable bonds is 2. The van der Waals surface area contributed by atoms with E-state index in [-0.39, 0.29) is 11.8 Å². The van der Waals surface area contributed by atoms with Crippen molar-refractivity contribution in [3.63, 3.8) is 0 Å². The van der Waals surface area contributed by atoms with Crippen molar-refractivity contribution in [2.45, 2.75) is 24.8 Å². The zero-order chi connectivity index (χ0) is 12.4. The fraction of sp³-hybridized carbons (Fsp3) is 0.500. The lowest BCUT2D eigenvalue weighted by Gasteiger charge is -2.24. The smallest absolute Gasteiger partial charge is 0.231 e. The van der Waals surface area contributed by atoms with Crippen LogP contribution < -0.4 is 15.4 Å². The van der Waals surface area contributed by atoms with Crippen molar-refractivity contribution < 1.29 is 9.53 Å². The molecule has 2 aliphatic heterocycles. The molecule has 3 rings (SSSR count). The molecule has 4 heteroatoms. The van der Waals surface area contributed by atoms with E-state index in [2.05, 4.69) is 10.6 Å². The Morgan fingerprint density at radius 2 is 2.06 bits per heavy atom. The van der Waals surface area contributed by atoms with Gasteiger partial charge in [0.2, 0.25) is 5.91 Å². The fourth-order valence-corrected chi connectivity index (χ4v) is 2.65. The van der Waals surface area contributed by atoms with Crippen molar-refractivity contribution in [1.82, 2.24) is 10.6 Å². The van der Waals surface area contributed by atoms with E-state index in [1.165, 1.54) is 0 Å². The number of benzene rings is 1. The lowest BCUT2D eigenvalue weighted by molar-refractivity contribution is -0.123. The van der Waals surface area contributed by atoms with Gasteiger partial charge in [-0.3, -0.25) is 4.79 Å². The summed E-state index contributed by atoms with van der Waals surface area (Å²) in [5, 5.41) is 6.44. The molecule has 2 aliphatic rings. The number of nitrogens with one attached hydrogen (secondary N) is 2. The molecule has 0 saturated carbocycles. The van der Waals surface area contributed by atoms with Crippen molar-refractivity contribution >= 4 is 5.91 Å². The Balaban J connectivity index is 1.67. The molecular formula is C14H18N2O2. The highest BCUT2D eigenvalue weighted by Gasteiger charge is 2.31. The molecule has 0 aliphatic carbocycles. The van der Waals surface area contributed by atoms with Gasteiger partial charge in [0.15, 0.2) is 0 Å². The average Bonchev–Trinajstić information content (AvgIpc) is 2.84. The molecule has 1 saturated heterocycles. The molecule has 0 aromatic heterocycles. The average molecular weight is 246 g/mol. The minimum atomic E-state index is -0.143. The second-order valence-corrected chi connectivity index (χ2v) is 4.93. The van der Waals surface area contributed by atoms with Gasteiger partial charge in [-0.05, 0) is 32.0 Å². The molecule has 1 unspecified atom stereocenters. The van der Waals surface area contributed by atoms with Crippen molar-refractivity contribution in [3.8, 4) is 5.75 Å². The van der Waals surface area contributed by atoms with E-state index in [0.29, 0.717) is 12.6 Å². The Kier molecular flexibility index (Phi) is 3.19. The summed E-state index contributed by atoms with van der Waals surface area (Å²) >= 11 is 0. The van der Waals surface area contributed by atoms with Gasteiger partial charge in [0.1, 0.15) is 18.3 Å². The molecule has 4 nitrogen and oxygen atoms in total. The maximum absolute atomic E-state index is 12.3. The number of fused-ring (bicyclic) bond motifs is 1. The first-order valence-electron chi connectivity index (χ1n) is 6.57. The first-order chi connectivity index (χ1) is 8.84. The van der Waals surface area contributed by atoms with E-state index < -0.39 is 0 Å². The lowest BCUT2D eigenvalue weighted by Crippen LogP contribution is -2.44. The summed E-state index contributed by atoms with van der Waals surface area (Å²) in [5.74, 6) is 0.811. The van der Waals surface area contributed by atoms with Gasteiger partial charge in [-0.15, -0.1) is 0 Å². The Labute approximate surface area is 107 Å². The number of piperidine rings is 1. The van der Waals surface area contributed by atoms with E-state index in [4.69, 9.17) is 4.74 Å². The third-order valence-electron chi connectivity index (χ3n) is 3.70. The molecule has 0 radical (unpaired) electrons. The third kappa shape index (κ3) is 2.20. The second-order valence-electron chi connectivity index (χ2n) is 4.93. The van der Waals surface area contributed by atoms with Gasteiger partial charge in [0.05, 0.1) is 0 Å². The van der Waals surface area contributed by atoms with Crippen LogP contribution in [0, 0.1) is 0 Å². The highest BCUT2D eigenvalue weighted by Crippen LogP contribution is 2.33. The largest absolute Gasteiger partial charge is 0.492 e. The summed E-state index contributed by atoms with van der Waals surface area (Å²) in [6.45, 7) is 2.45. The van der Waals surface area contributed by atoms with Crippen LogP contribution in [0.3, 0.4) is 0 Å². The van der Waals surface area contributed by atoms with Gasteiger partial charge in [0.25, 0.3) is 0 Å². The number of ether oxygens (including phenoxy) is 1. The fourth-order valence-electron chi connectivity index (χ4n) is 2.65. The summed E-state index contributed by atoms with van der Waals surface area (Å²) in [7, 11) is 0. The quantitative estimate of drug-likeness (QED) is 0.819. The number of hydrogen-bond donors (Lipinski definition) is 2. The van der Waals surface area contributed by atoms with E-state index >= 15 is 0 Å². The Bertz CT molecular complexity index is 441. The summed E-state index contributed by atoms with van der Waals surface area (Å²) in [6, 6.07) is 8.11. The molecular weight excluding hydrogens is 228 g/mol. The Hall–Kier alpha value is -1.55. The van der Waals surface area contributed by atoms with E-state index in [1.807, 2.05) is 24.3 Å². The van der Waals surface area contributed by atoms with Crippen LogP contribution in [0.1, 0.15) is 24.3 Å². The number of hydrogen-bond acceptors (Lipinski definition) is 3. The first kappa shape index (κ1) is 11.5. The zero-order valence-corrected chi connectivity index (χ0v) is 10.3. The molecule has 1 aromatic rings. The number of para-hydroxylation sites is 1. The van der Waals surface area contributed by atoms with Crippen molar-refractivity contribution in [2.75, 3.05) is 19.7 Å². The zero-order valence-electron chi connectivity index (χ0n) is 10.3. The predicted molar refractivity (Wildman–Crippen MR) is 68.7 cm³/mol. The standard InChI is InChI=1S/C14H18N2O2/c17-14(16-10-5-7-15-8-6-10)12-9-18-13-4-2-1-3-11(12)13/h1-4,10,12,15H,5-9H2,(H,16,17). The van der Waals surface area contributed by atoms with Crippen molar-refractivity contribution in [1.29, 1.82) is 0 Å². The topological polar surface area (TPSA) is 50.4 Å². The number of carbonyl (C=O) groups is 1. The molecule has 96 valence electrons. The van der Waals surface area contributed by atoms with Gasteiger partial charge in [0, 0.05) is 11.6 Å². The maximum Gasteiger partial charge on any atom is 0.231 e. The van der Waals surface area contributed by atoms with Crippen LogP contribution >= 0.6 is 0 Å². The van der Waals surface area contributed by atoms with Gasteiger partial charge < -0.3 is 15.4 Å². The van der Waals surface area contributed by atoms with Crippen LogP contribution in [0.4, 0.5) is 0 Å². The van der Waals surface area contributed by atoms with Gasteiger partial charge >= 0.3 is 0 Å².